The van der Waals surface area contributed by atoms with Crippen LogP contribution in [0.15, 0.2) is 0 Å². The average Bonchev–Trinajstić information content (AvgIpc) is 2.59. The van der Waals surface area contributed by atoms with E-state index in [1.165, 1.54) is 0 Å². The lowest BCUT2D eigenvalue weighted by atomic mass is 9.83. The second kappa shape index (κ2) is 13.7. The van der Waals surface area contributed by atoms with E-state index in [9.17, 15) is 14.4 Å². The minimum Gasteiger partial charge on any atom is -0.381 e. The Balaban J connectivity index is 2.00. The minimum atomic E-state index is -0.00333. The van der Waals surface area contributed by atoms with Gasteiger partial charge in [-0.2, -0.15) is 0 Å². The molecule has 0 aromatic rings. The van der Waals surface area contributed by atoms with E-state index >= 15 is 0 Å². The molecule has 0 bridgehead atoms. The predicted molar refractivity (Wildman–Crippen MR) is 106 cm³/mol. The van der Waals surface area contributed by atoms with Crippen LogP contribution >= 0.6 is 0 Å². The number of hydrogen-bond donors (Lipinski definition) is 2. The van der Waals surface area contributed by atoms with Crippen molar-refractivity contribution in [3.8, 4) is 0 Å². The lowest BCUT2D eigenvalue weighted by molar-refractivity contribution is -0.123. The highest BCUT2D eigenvalue weighted by Gasteiger charge is 2.23. The second-order valence-electron chi connectivity index (χ2n) is 8.22. The largest absolute Gasteiger partial charge is 0.381 e. The number of ketones is 1. The van der Waals surface area contributed by atoms with E-state index in [0.29, 0.717) is 50.7 Å². The first-order valence-corrected chi connectivity index (χ1v) is 10.5. The molecule has 0 aliphatic heterocycles. The quantitative estimate of drug-likeness (QED) is 0.480. The molecule has 0 radical (unpaired) electrons. The lowest BCUT2D eigenvalue weighted by Crippen LogP contribution is -2.37. The van der Waals surface area contributed by atoms with Gasteiger partial charge in [-0.15, -0.1) is 0 Å². The smallest absolute Gasteiger partial charge is 0.220 e. The zero-order valence-corrected chi connectivity index (χ0v) is 17.4. The molecule has 0 saturated heterocycles. The summed E-state index contributed by atoms with van der Waals surface area (Å²) in [7, 11) is 0. The first-order valence-electron chi connectivity index (χ1n) is 10.5. The molecule has 6 nitrogen and oxygen atoms in total. The molecular weight excluding hydrogens is 344 g/mol. The highest BCUT2D eigenvalue weighted by atomic mass is 16.5. The van der Waals surface area contributed by atoms with Crippen molar-refractivity contribution in [3.63, 3.8) is 0 Å². The third-order valence-corrected chi connectivity index (χ3v) is 4.83. The van der Waals surface area contributed by atoms with Crippen LogP contribution in [-0.2, 0) is 19.1 Å². The van der Waals surface area contributed by atoms with Gasteiger partial charge in [0.05, 0.1) is 0 Å². The molecule has 156 valence electrons. The first kappa shape index (κ1) is 23.6. The Labute approximate surface area is 164 Å². The Morgan fingerprint density at radius 3 is 2.30 bits per heavy atom. The fraction of sp³-hybridized carbons (Fsp3) is 0.857. The molecule has 0 heterocycles. The van der Waals surface area contributed by atoms with Gasteiger partial charge in [0.15, 0.2) is 0 Å². The van der Waals surface area contributed by atoms with E-state index < -0.39 is 0 Å². The Bertz CT molecular complexity index is 457. The molecule has 2 N–H and O–H groups in total. The van der Waals surface area contributed by atoms with E-state index in [0.717, 1.165) is 38.7 Å². The molecule has 2 amide bonds. The maximum Gasteiger partial charge on any atom is 0.220 e. The number of carbonyl (C=O) groups excluding carboxylic acids is 3. The van der Waals surface area contributed by atoms with Crippen molar-refractivity contribution >= 4 is 17.6 Å². The highest BCUT2D eigenvalue weighted by molar-refractivity contribution is 5.79. The fourth-order valence-corrected chi connectivity index (χ4v) is 3.44. The van der Waals surface area contributed by atoms with E-state index in [4.69, 9.17) is 4.74 Å². The molecule has 0 unspecified atom stereocenters. The summed E-state index contributed by atoms with van der Waals surface area (Å²) < 4.78 is 5.47. The highest BCUT2D eigenvalue weighted by Crippen LogP contribution is 2.27. The maximum absolute atomic E-state index is 12.0. The number of nitrogens with one attached hydrogen (secondary N) is 2. The number of ether oxygens (including phenoxy) is 1. The van der Waals surface area contributed by atoms with Gasteiger partial charge in [-0.3, -0.25) is 9.59 Å². The second-order valence-corrected chi connectivity index (χ2v) is 8.22. The average molecular weight is 383 g/mol. The van der Waals surface area contributed by atoms with Gasteiger partial charge < -0.3 is 20.2 Å². The first-order chi connectivity index (χ1) is 12.9. The predicted octanol–water partition coefficient (Wildman–Crippen LogP) is 2.99. The van der Waals surface area contributed by atoms with Gasteiger partial charge in [0.1, 0.15) is 5.78 Å². The summed E-state index contributed by atoms with van der Waals surface area (Å²) in [4.78, 5) is 35.0. The van der Waals surface area contributed by atoms with Gasteiger partial charge in [-0.1, -0.05) is 13.8 Å². The van der Waals surface area contributed by atoms with E-state index in [1.54, 1.807) is 6.92 Å². The van der Waals surface area contributed by atoms with Crippen LogP contribution in [0.3, 0.4) is 0 Å². The normalized spacial score (nSPS) is 19.7. The third kappa shape index (κ3) is 12.6. The Morgan fingerprint density at radius 1 is 1.00 bits per heavy atom. The van der Waals surface area contributed by atoms with E-state index in [-0.39, 0.29) is 23.6 Å². The molecule has 1 aliphatic carbocycles. The molecule has 0 spiro atoms. The van der Waals surface area contributed by atoms with Gasteiger partial charge in [0, 0.05) is 45.1 Å². The molecular formula is C21H38N2O4. The van der Waals surface area contributed by atoms with Gasteiger partial charge in [-0.25, -0.2) is 0 Å². The van der Waals surface area contributed by atoms with Crippen molar-refractivity contribution in [1.82, 2.24) is 10.6 Å². The maximum atomic E-state index is 12.0. The molecule has 1 fully saturated rings. The fourth-order valence-electron chi connectivity index (χ4n) is 3.44. The summed E-state index contributed by atoms with van der Waals surface area (Å²) >= 11 is 0. The number of Topliss-reactive ketones (excluding diaryl/α,β-unsaturated/α-hetero) is 1. The molecule has 1 aliphatic rings. The van der Waals surface area contributed by atoms with Crippen molar-refractivity contribution in [2.45, 2.75) is 84.6 Å². The van der Waals surface area contributed by atoms with Crippen molar-refractivity contribution in [2.75, 3.05) is 19.8 Å². The van der Waals surface area contributed by atoms with Crippen LogP contribution in [0.4, 0.5) is 0 Å². The number of carbonyl (C=O) groups is 3. The van der Waals surface area contributed by atoms with Crippen LogP contribution in [0.25, 0.3) is 0 Å². The van der Waals surface area contributed by atoms with Crippen LogP contribution < -0.4 is 10.6 Å². The van der Waals surface area contributed by atoms with Crippen LogP contribution in [0, 0.1) is 11.8 Å². The van der Waals surface area contributed by atoms with Crippen molar-refractivity contribution in [2.24, 2.45) is 11.8 Å². The molecule has 1 saturated carbocycles. The summed E-state index contributed by atoms with van der Waals surface area (Å²) in [6, 6.07) is 0.223. The zero-order chi connectivity index (χ0) is 20.1. The molecule has 27 heavy (non-hydrogen) atoms. The van der Waals surface area contributed by atoms with Gasteiger partial charge >= 0.3 is 0 Å². The summed E-state index contributed by atoms with van der Waals surface area (Å²) in [5.41, 5.74) is 0. The minimum absolute atomic E-state index is 0.00333. The summed E-state index contributed by atoms with van der Waals surface area (Å²) in [6.07, 6.45) is 6.73. The summed E-state index contributed by atoms with van der Waals surface area (Å²) in [5.74, 6) is 1.29. The van der Waals surface area contributed by atoms with Gasteiger partial charge in [0.25, 0.3) is 0 Å². The molecule has 0 aromatic heterocycles. The van der Waals surface area contributed by atoms with Crippen LogP contribution in [0.1, 0.15) is 78.6 Å². The van der Waals surface area contributed by atoms with Crippen molar-refractivity contribution < 1.29 is 19.1 Å². The van der Waals surface area contributed by atoms with E-state index in [1.807, 2.05) is 0 Å². The van der Waals surface area contributed by atoms with Crippen LogP contribution in [-0.4, -0.2) is 43.4 Å². The molecule has 0 aromatic carbocycles. The number of amides is 2. The Hall–Kier alpha value is -1.43. The third-order valence-electron chi connectivity index (χ3n) is 4.83. The van der Waals surface area contributed by atoms with Crippen LogP contribution in [0.2, 0.25) is 0 Å². The number of hydrogen-bond acceptors (Lipinski definition) is 4. The molecule has 1 rings (SSSR count). The standard InChI is InChI=1S/C21H38N2O4/c1-16(2)15-27-13-5-12-22-20(25)6-4-7-21(26)23-19-10-8-18(9-11-19)14-17(3)24/h16,18-19H,4-15H2,1-3H3,(H,22,25)(H,23,26)/t18-,19-. The topological polar surface area (TPSA) is 84.5 Å². The van der Waals surface area contributed by atoms with Crippen LogP contribution in [0.5, 0.6) is 0 Å². The number of rotatable bonds is 13. The molecule has 0 atom stereocenters. The molecule has 6 heteroatoms. The monoisotopic (exact) mass is 382 g/mol. The Morgan fingerprint density at radius 2 is 1.67 bits per heavy atom. The van der Waals surface area contributed by atoms with Crippen molar-refractivity contribution in [3.05, 3.63) is 0 Å². The Kier molecular flexibility index (Phi) is 12.0. The SMILES string of the molecule is CC(=O)C[C@H]1CC[C@H](NC(=O)CCCC(=O)NCCCOCC(C)C)CC1. The zero-order valence-electron chi connectivity index (χ0n) is 17.4. The van der Waals surface area contributed by atoms with Gasteiger partial charge in [0.2, 0.25) is 11.8 Å². The summed E-state index contributed by atoms with van der Waals surface area (Å²) in [5, 5.41) is 5.94. The van der Waals surface area contributed by atoms with Crippen molar-refractivity contribution in [1.29, 1.82) is 0 Å². The lowest BCUT2D eigenvalue weighted by Gasteiger charge is -2.28. The van der Waals surface area contributed by atoms with Gasteiger partial charge in [-0.05, 0) is 57.3 Å². The van der Waals surface area contributed by atoms with E-state index in [2.05, 4.69) is 24.5 Å². The summed E-state index contributed by atoms with van der Waals surface area (Å²) in [6.45, 7) is 7.89.